The summed E-state index contributed by atoms with van der Waals surface area (Å²) in [6.07, 6.45) is 6.95. The van der Waals surface area contributed by atoms with Crippen LogP contribution in [0.1, 0.15) is 68.7 Å². The summed E-state index contributed by atoms with van der Waals surface area (Å²) in [5.74, 6) is 0.815. The molecule has 1 nitrogen and oxygen atoms in total. The third-order valence-corrected chi connectivity index (χ3v) is 4.73. The first-order chi connectivity index (χ1) is 9.08. The Labute approximate surface area is 118 Å². The Kier molecular flexibility index (Phi) is 5.04. The second kappa shape index (κ2) is 6.56. The van der Waals surface area contributed by atoms with E-state index in [9.17, 15) is 0 Å². The molecule has 1 aromatic rings. The molecule has 0 saturated heterocycles. The molecule has 1 saturated carbocycles. The lowest BCUT2D eigenvalue weighted by Gasteiger charge is -2.28. The summed E-state index contributed by atoms with van der Waals surface area (Å²) in [6.45, 7) is 9.14. The van der Waals surface area contributed by atoms with Crippen LogP contribution in [0, 0.1) is 19.8 Å². The van der Waals surface area contributed by atoms with Crippen LogP contribution in [-0.2, 0) is 0 Å². The van der Waals surface area contributed by atoms with E-state index in [1.165, 1.54) is 48.8 Å². The Morgan fingerprint density at radius 3 is 2.63 bits per heavy atom. The summed E-state index contributed by atoms with van der Waals surface area (Å²) >= 11 is 0. The van der Waals surface area contributed by atoms with Crippen molar-refractivity contribution in [2.45, 2.75) is 71.9 Å². The van der Waals surface area contributed by atoms with Gasteiger partial charge in [0.05, 0.1) is 0 Å². The third-order valence-electron chi connectivity index (χ3n) is 4.73. The fraction of sp³-hybridized carbons (Fsp3) is 0.667. The predicted octanol–water partition coefficient (Wildman–Crippen LogP) is 4.92. The highest BCUT2D eigenvalue weighted by atomic mass is 15.0. The van der Waals surface area contributed by atoms with E-state index in [1.807, 2.05) is 0 Å². The summed E-state index contributed by atoms with van der Waals surface area (Å²) in [6, 6.07) is 7.95. The Hall–Kier alpha value is -0.820. The van der Waals surface area contributed by atoms with Crippen LogP contribution in [0.2, 0.25) is 0 Å². The smallest absolute Gasteiger partial charge is 0.0297 e. The molecule has 0 aromatic heterocycles. The molecule has 1 heteroatoms. The molecule has 1 fully saturated rings. The topological polar surface area (TPSA) is 12.0 Å². The summed E-state index contributed by atoms with van der Waals surface area (Å²) in [5, 5.41) is 3.89. The summed E-state index contributed by atoms with van der Waals surface area (Å²) in [5.41, 5.74) is 4.24. The zero-order valence-electron chi connectivity index (χ0n) is 13.0. The highest BCUT2D eigenvalue weighted by molar-refractivity contribution is 5.32. The van der Waals surface area contributed by atoms with Crippen molar-refractivity contribution in [1.29, 1.82) is 0 Å². The van der Waals surface area contributed by atoms with Crippen molar-refractivity contribution in [2.24, 2.45) is 5.92 Å². The maximum absolute atomic E-state index is 3.89. The van der Waals surface area contributed by atoms with Gasteiger partial charge < -0.3 is 5.32 Å². The average molecular weight is 259 g/mol. The van der Waals surface area contributed by atoms with Gasteiger partial charge in [-0.3, -0.25) is 0 Å². The average Bonchev–Trinajstić information content (AvgIpc) is 2.58. The van der Waals surface area contributed by atoms with E-state index in [0.717, 1.165) is 5.92 Å². The molecule has 0 radical (unpaired) electrons. The highest BCUT2D eigenvalue weighted by Gasteiger charge is 2.22. The molecular formula is C18H29N. The Morgan fingerprint density at radius 2 is 1.84 bits per heavy atom. The largest absolute Gasteiger partial charge is 0.307 e. The van der Waals surface area contributed by atoms with Gasteiger partial charge in [-0.15, -0.1) is 0 Å². The minimum absolute atomic E-state index is 0.463. The van der Waals surface area contributed by atoms with Crippen LogP contribution in [0.15, 0.2) is 18.2 Å². The van der Waals surface area contributed by atoms with Crippen molar-refractivity contribution in [1.82, 2.24) is 5.32 Å². The zero-order chi connectivity index (χ0) is 13.8. The lowest BCUT2D eigenvalue weighted by molar-refractivity contribution is 0.330. The third kappa shape index (κ3) is 3.82. The van der Waals surface area contributed by atoms with Gasteiger partial charge >= 0.3 is 0 Å². The fourth-order valence-electron chi connectivity index (χ4n) is 3.38. The molecule has 19 heavy (non-hydrogen) atoms. The van der Waals surface area contributed by atoms with Crippen LogP contribution in [0.4, 0.5) is 0 Å². The molecule has 1 N–H and O–H groups in total. The minimum Gasteiger partial charge on any atom is -0.307 e. The standard InChI is InChI=1S/C18H29N/c1-13-10-11-14(2)17(12-13)16(4)19-18-9-7-5-6-8-15(18)3/h10-12,15-16,18-19H,5-9H2,1-4H3. The zero-order valence-corrected chi connectivity index (χ0v) is 13.0. The number of rotatable bonds is 3. The Balaban J connectivity index is 2.06. The molecule has 0 spiro atoms. The first-order valence-corrected chi connectivity index (χ1v) is 7.91. The molecule has 1 aliphatic carbocycles. The van der Waals surface area contributed by atoms with Gasteiger partial charge in [0.2, 0.25) is 0 Å². The number of hydrogen-bond acceptors (Lipinski definition) is 1. The first-order valence-electron chi connectivity index (χ1n) is 7.91. The summed E-state index contributed by atoms with van der Waals surface area (Å²) in [7, 11) is 0. The lowest BCUT2D eigenvalue weighted by Crippen LogP contribution is -2.36. The molecule has 0 aliphatic heterocycles. The molecule has 1 aliphatic rings. The van der Waals surface area contributed by atoms with Gasteiger partial charge in [-0.05, 0) is 50.7 Å². The van der Waals surface area contributed by atoms with Gasteiger partial charge in [0.25, 0.3) is 0 Å². The highest BCUT2D eigenvalue weighted by Crippen LogP contribution is 2.26. The second-order valence-electron chi connectivity index (χ2n) is 6.47. The van der Waals surface area contributed by atoms with E-state index in [4.69, 9.17) is 0 Å². The van der Waals surface area contributed by atoms with Crippen LogP contribution in [0.25, 0.3) is 0 Å². The SMILES string of the molecule is Cc1ccc(C)c(C(C)NC2CCCCCC2C)c1. The Bertz CT molecular complexity index is 410. The van der Waals surface area contributed by atoms with E-state index < -0.39 is 0 Å². The molecule has 0 bridgehead atoms. The maximum atomic E-state index is 3.89. The van der Waals surface area contributed by atoms with E-state index in [2.05, 4.69) is 51.2 Å². The normalized spacial score (nSPS) is 25.9. The van der Waals surface area contributed by atoms with Crippen LogP contribution in [0.5, 0.6) is 0 Å². The number of aryl methyl sites for hydroxylation is 2. The molecule has 3 atom stereocenters. The van der Waals surface area contributed by atoms with Crippen LogP contribution >= 0.6 is 0 Å². The quantitative estimate of drug-likeness (QED) is 0.759. The van der Waals surface area contributed by atoms with Crippen molar-refractivity contribution in [3.8, 4) is 0 Å². The van der Waals surface area contributed by atoms with Gasteiger partial charge in [-0.25, -0.2) is 0 Å². The van der Waals surface area contributed by atoms with Crippen LogP contribution < -0.4 is 5.32 Å². The van der Waals surface area contributed by atoms with Crippen LogP contribution in [0.3, 0.4) is 0 Å². The monoisotopic (exact) mass is 259 g/mol. The number of benzene rings is 1. The van der Waals surface area contributed by atoms with Gasteiger partial charge in [-0.1, -0.05) is 49.9 Å². The maximum Gasteiger partial charge on any atom is 0.0297 e. The van der Waals surface area contributed by atoms with Crippen molar-refractivity contribution in [3.05, 3.63) is 34.9 Å². The van der Waals surface area contributed by atoms with Crippen molar-refractivity contribution >= 4 is 0 Å². The van der Waals surface area contributed by atoms with Gasteiger partial charge in [-0.2, -0.15) is 0 Å². The van der Waals surface area contributed by atoms with Gasteiger partial charge in [0.15, 0.2) is 0 Å². The number of nitrogens with one attached hydrogen (secondary N) is 1. The van der Waals surface area contributed by atoms with Crippen molar-refractivity contribution < 1.29 is 0 Å². The van der Waals surface area contributed by atoms with Gasteiger partial charge in [0.1, 0.15) is 0 Å². The number of hydrogen-bond donors (Lipinski definition) is 1. The van der Waals surface area contributed by atoms with Crippen molar-refractivity contribution in [3.63, 3.8) is 0 Å². The van der Waals surface area contributed by atoms with E-state index in [-0.39, 0.29) is 0 Å². The fourth-order valence-corrected chi connectivity index (χ4v) is 3.38. The summed E-state index contributed by atoms with van der Waals surface area (Å²) < 4.78 is 0. The summed E-state index contributed by atoms with van der Waals surface area (Å²) in [4.78, 5) is 0. The molecule has 2 rings (SSSR count). The molecule has 1 aromatic carbocycles. The minimum atomic E-state index is 0.463. The molecule has 0 heterocycles. The second-order valence-corrected chi connectivity index (χ2v) is 6.47. The molecular weight excluding hydrogens is 230 g/mol. The van der Waals surface area contributed by atoms with E-state index in [0.29, 0.717) is 12.1 Å². The van der Waals surface area contributed by atoms with Crippen LogP contribution in [-0.4, -0.2) is 6.04 Å². The molecule has 106 valence electrons. The molecule has 0 amide bonds. The Morgan fingerprint density at radius 1 is 1.11 bits per heavy atom. The van der Waals surface area contributed by atoms with E-state index >= 15 is 0 Å². The van der Waals surface area contributed by atoms with Gasteiger partial charge in [0, 0.05) is 12.1 Å². The first kappa shape index (κ1) is 14.6. The predicted molar refractivity (Wildman–Crippen MR) is 83.5 cm³/mol. The van der Waals surface area contributed by atoms with E-state index in [1.54, 1.807) is 0 Å². The molecule has 3 unspecified atom stereocenters. The van der Waals surface area contributed by atoms with Crippen molar-refractivity contribution in [2.75, 3.05) is 0 Å². The lowest BCUT2D eigenvalue weighted by atomic mass is 9.94.